The number of aryl methyl sites for hydroxylation is 1. The number of carboxylic acid groups (broad SMARTS) is 1. The third-order valence-electron chi connectivity index (χ3n) is 3.09. The van der Waals surface area contributed by atoms with E-state index in [0.29, 0.717) is 13.0 Å². The first kappa shape index (κ1) is 12.1. The van der Waals surface area contributed by atoms with E-state index in [2.05, 4.69) is 0 Å². The van der Waals surface area contributed by atoms with E-state index in [1.165, 1.54) is 0 Å². The standard InChI is InChI=1S/C11H12BO7/c13-11(14)8-9-6(2-1-3-17-9)4-7-10(8)19-12(15,16)5-18-7/h4,15-16H,1-3,5H2,(H,13,14)/q-1. The van der Waals surface area contributed by atoms with E-state index in [0.717, 1.165) is 12.0 Å². The molecule has 3 N–H and O–H groups in total. The Kier molecular flexibility index (Phi) is 2.58. The van der Waals surface area contributed by atoms with Crippen LogP contribution in [-0.4, -0.2) is 41.0 Å². The summed E-state index contributed by atoms with van der Waals surface area (Å²) in [6, 6.07) is 1.63. The van der Waals surface area contributed by atoms with Crippen LogP contribution in [0.2, 0.25) is 0 Å². The Bertz CT molecular complexity index is 554. The molecule has 2 aliphatic heterocycles. The van der Waals surface area contributed by atoms with Crippen molar-refractivity contribution in [2.45, 2.75) is 12.8 Å². The third-order valence-corrected chi connectivity index (χ3v) is 3.09. The quantitative estimate of drug-likeness (QED) is 0.612. The van der Waals surface area contributed by atoms with Gasteiger partial charge in [-0.2, -0.15) is 0 Å². The molecule has 0 aliphatic carbocycles. The lowest BCUT2D eigenvalue weighted by Crippen LogP contribution is -2.51. The van der Waals surface area contributed by atoms with E-state index >= 15 is 0 Å². The molecule has 0 radical (unpaired) electrons. The number of ether oxygens (including phenoxy) is 2. The number of benzene rings is 1. The maximum absolute atomic E-state index is 11.4. The van der Waals surface area contributed by atoms with E-state index in [1.807, 2.05) is 0 Å². The van der Waals surface area contributed by atoms with Crippen molar-refractivity contribution in [1.82, 2.24) is 0 Å². The molecule has 2 aliphatic rings. The summed E-state index contributed by atoms with van der Waals surface area (Å²) < 4.78 is 15.5. The maximum Gasteiger partial charge on any atom is 0.467 e. The van der Waals surface area contributed by atoms with Gasteiger partial charge in [0.1, 0.15) is 17.1 Å². The molecule has 0 saturated carbocycles. The molecule has 3 rings (SSSR count). The van der Waals surface area contributed by atoms with Crippen LogP contribution in [0.3, 0.4) is 0 Å². The first-order valence-electron chi connectivity index (χ1n) is 5.96. The van der Waals surface area contributed by atoms with Gasteiger partial charge in [0.2, 0.25) is 0 Å². The van der Waals surface area contributed by atoms with Crippen molar-refractivity contribution in [1.29, 1.82) is 0 Å². The number of hydrogen-bond donors (Lipinski definition) is 3. The van der Waals surface area contributed by atoms with Crippen LogP contribution in [0.25, 0.3) is 0 Å². The molecule has 0 amide bonds. The Hall–Kier alpha value is -1.93. The van der Waals surface area contributed by atoms with Gasteiger partial charge in [-0.3, -0.25) is 0 Å². The summed E-state index contributed by atoms with van der Waals surface area (Å²) in [5.74, 6) is -1.03. The number of rotatable bonds is 1. The lowest BCUT2D eigenvalue weighted by atomic mass is 9.80. The second kappa shape index (κ2) is 4.04. The molecule has 0 atom stereocenters. The van der Waals surface area contributed by atoms with Gasteiger partial charge < -0.3 is 29.3 Å². The highest BCUT2D eigenvalue weighted by atomic mass is 16.7. The minimum atomic E-state index is -3.20. The van der Waals surface area contributed by atoms with E-state index in [4.69, 9.17) is 14.1 Å². The number of carbonyl (C=O) groups is 1. The summed E-state index contributed by atoms with van der Waals surface area (Å²) in [5, 5.41) is 28.2. The predicted octanol–water partition coefficient (Wildman–Crippen LogP) is -0.0563. The van der Waals surface area contributed by atoms with E-state index < -0.39 is 19.2 Å². The Morgan fingerprint density at radius 3 is 2.79 bits per heavy atom. The highest BCUT2D eigenvalue weighted by Gasteiger charge is 2.36. The molecule has 2 heterocycles. The van der Waals surface area contributed by atoms with Gasteiger partial charge >= 0.3 is 12.7 Å². The van der Waals surface area contributed by atoms with Crippen molar-refractivity contribution in [2.75, 3.05) is 13.1 Å². The second-order valence-electron chi connectivity index (χ2n) is 4.61. The lowest BCUT2D eigenvalue weighted by Gasteiger charge is -2.38. The van der Waals surface area contributed by atoms with Gasteiger partial charge in [0, 0.05) is 0 Å². The van der Waals surface area contributed by atoms with Crippen LogP contribution in [-0.2, 0) is 6.42 Å². The Morgan fingerprint density at radius 2 is 2.05 bits per heavy atom. The molecular formula is C11H12BO7-. The average Bonchev–Trinajstić information content (AvgIpc) is 2.34. The fourth-order valence-corrected chi connectivity index (χ4v) is 2.30. The van der Waals surface area contributed by atoms with Crippen LogP contribution in [0.5, 0.6) is 17.2 Å². The van der Waals surface area contributed by atoms with Crippen molar-refractivity contribution < 1.29 is 34.1 Å². The fourth-order valence-electron chi connectivity index (χ4n) is 2.30. The molecule has 7 nitrogen and oxygen atoms in total. The third kappa shape index (κ3) is 1.98. The molecule has 19 heavy (non-hydrogen) atoms. The van der Waals surface area contributed by atoms with Crippen molar-refractivity contribution in [3.8, 4) is 17.2 Å². The first-order chi connectivity index (χ1) is 8.98. The molecule has 0 spiro atoms. The Balaban J connectivity index is 2.20. The molecule has 1 aromatic carbocycles. The van der Waals surface area contributed by atoms with Crippen molar-refractivity contribution in [3.05, 3.63) is 17.2 Å². The zero-order valence-electron chi connectivity index (χ0n) is 9.96. The van der Waals surface area contributed by atoms with Crippen LogP contribution in [0.1, 0.15) is 22.3 Å². The highest BCUT2D eigenvalue weighted by Crippen LogP contribution is 2.44. The zero-order chi connectivity index (χ0) is 13.6. The van der Waals surface area contributed by atoms with Gasteiger partial charge in [0.15, 0.2) is 5.75 Å². The summed E-state index contributed by atoms with van der Waals surface area (Å²) >= 11 is 0. The predicted molar refractivity (Wildman–Crippen MR) is 63.5 cm³/mol. The Morgan fingerprint density at radius 1 is 1.26 bits per heavy atom. The molecule has 0 unspecified atom stereocenters. The fraction of sp³-hybridized carbons (Fsp3) is 0.364. The van der Waals surface area contributed by atoms with Crippen molar-refractivity contribution in [2.24, 2.45) is 0 Å². The number of fused-ring (bicyclic) bond motifs is 2. The topological polar surface area (TPSA) is 105 Å². The minimum Gasteiger partial charge on any atom is -0.665 e. The maximum atomic E-state index is 11.4. The number of aromatic carboxylic acids is 1. The monoisotopic (exact) mass is 267 g/mol. The first-order valence-corrected chi connectivity index (χ1v) is 5.96. The molecule has 1 aromatic rings. The second-order valence-corrected chi connectivity index (χ2v) is 4.61. The smallest absolute Gasteiger partial charge is 0.467 e. The molecule has 0 fully saturated rings. The normalized spacial score (nSPS) is 19.3. The minimum absolute atomic E-state index is 0.190. The Labute approximate surface area is 108 Å². The molecule has 8 heteroatoms. The summed E-state index contributed by atoms with van der Waals surface area (Å²) in [7, 11) is 0. The average molecular weight is 267 g/mol. The van der Waals surface area contributed by atoms with Crippen LogP contribution in [0, 0.1) is 0 Å². The summed E-state index contributed by atoms with van der Waals surface area (Å²) in [5.41, 5.74) is 0.503. The zero-order valence-corrected chi connectivity index (χ0v) is 9.96. The van der Waals surface area contributed by atoms with E-state index in [1.54, 1.807) is 6.07 Å². The van der Waals surface area contributed by atoms with Gasteiger partial charge in [-0.15, -0.1) is 0 Å². The summed E-state index contributed by atoms with van der Waals surface area (Å²) in [4.78, 5) is 11.4. The molecule has 0 bridgehead atoms. The SMILES string of the molecule is O=C(O)c1c2c(cc3c1O[B-](O)(O)CO3)CCCO2. The summed E-state index contributed by atoms with van der Waals surface area (Å²) in [6.07, 6.45) is 1.47. The van der Waals surface area contributed by atoms with Crippen LogP contribution in [0.4, 0.5) is 0 Å². The van der Waals surface area contributed by atoms with E-state index in [9.17, 15) is 19.9 Å². The van der Waals surface area contributed by atoms with Gasteiger partial charge in [-0.05, 0) is 24.5 Å². The van der Waals surface area contributed by atoms with Crippen molar-refractivity contribution in [3.63, 3.8) is 0 Å². The molecule has 102 valence electrons. The van der Waals surface area contributed by atoms with Crippen molar-refractivity contribution >= 4 is 12.7 Å². The summed E-state index contributed by atoms with van der Waals surface area (Å²) in [6.45, 7) is -3.21. The number of hydrogen-bond acceptors (Lipinski definition) is 6. The van der Waals surface area contributed by atoms with Gasteiger partial charge in [-0.1, -0.05) is 0 Å². The van der Waals surface area contributed by atoms with Crippen LogP contribution in [0.15, 0.2) is 6.07 Å². The molecule has 0 aromatic heterocycles. The van der Waals surface area contributed by atoms with E-state index in [-0.39, 0.29) is 22.8 Å². The van der Waals surface area contributed by atoms with Crippen LogP contribution < -0.4 is 14.1 Å². The molecule has 0 saturated heterocycles. The number of carboxylic acids is 1. The molecular weight excluding hydrogens is 255 g/mol. The van der Waals surface area contributed by atoms with Crippen LogP contribution >= 0.6 is 0 Å². The largest absolute Gasteiger partial charge is 0.665 e. The van der Waals surface area contributed by atoms with Gasteiger partial charge in [-0.25, -0.2) is 4.79 Å². The highest BCUT2D eigenvalue weighted by molar-refractivity contribution is 6.58. The van der Waals surface area contributed by atoms with Gasteiger partial charge in [0.25, 0.3) is 0 Å². The van der Waals surface area contributed by atoms with Gasteiger partial charge in [0.05, 0.1) is 13.1 Å². The lowest BCUT2D eigenvalue weighted by molar-refractivity contribution is 0.0684.